The van der Waals surface area contributed by atoms with E-state index in [0.29, 0.717) is 17.6 Å². The number of carboxylic acids is 1. The number of carboxylic acid groups (broad SMARTS) is 1. The van der Waals surface area contributed by atoms with Crippen LogP contribution in [0.2, 0.25) is 0 Å². The van der Waals surface area contributed by atoms with Gasteiger partial charge in [-0.1, -0.05) is 19.0 Å². The molecule has 1 aromatic rings. The van der Waals surface area contributed by atoms with Gasteiger partial charge < -0.3 is 9.63 Å². The van der Waals surface area contributed by atoms with E-state index in [1.165, 1.54) is 0 Å². The number of nitrogens with zero attached hydrogens (tertiary/aromatic N) is 2. The Morgan fingerprint density at radius 1 is 1.60 bits per heavy atom. The van der Waals surface area contributed by atoms with Crippen molar-refractivity contribution in [2.75, 3.05) is 6.54 Å². The third-order valence-electron chi connectivity index (χ3n) is 1.65. The molecule has 0 radical (unpaired) electrons. The first kappa shape index (κ1) is 11.6. The normalized spacial score (nSPS) is 10.9. The fourth-order valence-corrected chi connectivity index (χ4v) is 1.09. The summed E-state index contributed by atoms with van der Waals surface area (Å²) in [5.41, 5.74) is 0. The second-order valence-electron chi connectivity index (χ2n) is 3.70. The van der Waals surface area contributed by atoms with E-state index >= 15 is 0 Å². The van der Waals surface area contributed by atoms with Gasteiger partial charge in [0.05, 0.1) is 13.1 Å². The molecule has 1 heterocycles. The molecule has 0 spiro atoms. The maximum absolute atomic E-state index is 10.2. The van der Waals surface area contributed by atoms with Gasteiger partial charge in [-0.25, -0.2) is 0 Å². The minimum absolute atomic E-state index is 0.109. The first-order chi connectivity index (χ1) is 7.08. The number of aliphatic carboxylic acids is 1. The molecule has 0 atom stereocenters. The standard InChI is InChI=1S/C9H15N3O3/c1-6(2)3-7-11-8(15-12-7)4-10-5-9(13)14/h6,10H,3-5H2,1-2H3,(H,13,14). The predicted octanol–water partition coefficient (Wildman–Crippen LogP) is 0.442. The maximum atomic E-state index is 10.2. The van der Waals surface area contributed by atoms with Crippen LogP contribution in [0.3, 0.4) is 0 Å². The van der Waals surface area contributed by atoms with E-state index in [9.17, 15) is 4.79 Å². The Balaban J connectivity index is 2.36. The van der Waals surface area contributed by atoms with Gasteiger partial charge in [-0.05, 0) is 5.92 Å². The second kappa shape index (κ2) is 5.45. The van der Waals surface area contributed by atoms with Crippen LogP contribution in [0.25, 0.3) is 0 Å². The first-order valence-corrected chi connectivity index (χ1v) is 4.82. The molecule has 0 saturated heterocycles. The number of nitrogens with one attached hydrogen (secondary N) is 1. The lowest BCUT2D eigenvalue weighted by Crippen LogP contribution is -2.22. The van der Waals surface area contributed by atoms with Crippen molar-refractivity contribution in [1.82, 2.24) is 15.5 Å². The van der Waals surface area contributed by atoms with E-state index in [-0.39, 0.29) is 13.1 Å². The maximum Gasteiger partial charge on any atom is 0.317 e. The average Bonchev–Trinajstić information content (AvgIpc) is 2.50. The van der Waals surface area contributed by atoms with E-state index in [1.54, 1.807) is 0 Å². The Kier molecular flexibility index (Phi) is 4.23. The molecule has 0 aliphatic heterocycles. The molecule has 15 heavy (non-hydrogen) atoms. The van der Waals surface area contributed by atoms with Crippen LogP contribution >= 0.6 is 0 Å². The van der Waals surface area contributed by atoms with Crippen molar-refractivity contribution in [2.24, 2.45) is 5.92 Å². The van der Waals surface area contributed by atoms with Crippen molar-refractivity contribution in [3.63, 3.8) is 0 Å². The molecule has 0 bridgehead atoms. The highest BCUT2D eigenvalue weighted by atomic mass is 16.5. The summed E-state index contributed by atoms with van der Waals surface area (Å²) < 4.78 is 4.93. The van der Waals surface area contributed by atoms with Gasteiger partial charge in [-0.15, -0.1) is 0 Å². The van der Waals surface area contributed by atoms with E-state index in [1.807, 2.05) is 0 Å². The summed E-state index contributed by atoms with van der Waals surface area (Å²) in [5.74, 6) is 0.656. The largest absolute Gasteiger partial charge is 0.480 e. The van der Waals surface area contributed by atoms with Crippen LogP contribution < -0.4 is 5.32 Å². The minimum Gasteiger partial charge on any atom is -0.480 e. The van der Waals surface area contributed by atoms with Crippen LogP contribution in [-0.4, -0.2) is 27.8 Å². The highest BCUT2D eigenvalue weighted by Crippen LogP contribution is 2.04. The Labute approximate surface area is 87.7 Å². The Morgan fingerprint density at radius 3 is 2.93 bits per heavy atom. The predicted molar refractivity (Wildman–Crippen MR) is 52.2 cm³/mol. The van der Waals surface area contributed by atoms with Gasteiger partial charge in [-0.2, -0.15) is 4.98 Å². The minimum atomic E-state index is -0.906. The molecule has 84 valence electrons. The third-order valence-corrected chi connectivity index (χ3v) is 1.65. The second-order valence-corrected chi connectivity index (χ2v) is 3.70. The molecule has 0 amide bonds. The van der Waals surface area contributed by atoms with Crippen LogP contribution in [0.4, 0.5) is 0 Å². The third kappa shape index (κ3) is 4.55. The summed E-state index contributed by atoms with van der Waals surface area (Å²) in [7, 11) is 0. The monoisotopic (exact) mass is 213 g/mol. The Bertz CT molecular complexity index is 322. The smallest absolute Gasteiger partial charge is 0.317 e. The summed E-state index contributed by atoms with van der Waals surface area (Å²) in [4.78, 5) is 14.3. The number of carbonyl (C=O) groups is 1. The fourth-order valence-electron chi connectivity index (χ4n) is 1.09. The molecule has 0 aliphatic carbocycles. The molecule has 0 unspecified atom stereocenters. The number of hydrogen-bond acceptors (Lipinski definition) is 5. The fraction of sp³-hybridized carbons (Fsp3) is 0.667. The van der Waals surface area contributed by atoms with Crippen LogP contribution in [0, 0.1) is 5.92 Å². The molecule has 1 rings (SSSR count). The van der Waals surface area contributed by atoms with Crippen molar-refractivity contribution in [3.8, 4) is 0 Å². The summed E-state index contributed by atoms with van der Waals surface area (Å²) in [6.07, 6.45) is 0.766. The Hall–Kier alpha value is -1.43. The topological polar surface area (TPSA) is 88.2 Å². The first-order valence-electron chi connectivity index (χ1n) is 4.82. The quantitative estimate of drug-likeness (QED) is 0.713. The zero-order chi connectivity index (χ0) is 11.3. The van der Waals surface area contributed by atoms with Crippen LogP contribution in [-0.2, 0) is 17.8 Å². The summed E-state index contributed by atoms with van der Waals surface area (Å²) in [6.45, 7) is 4.32. The molecule has 0 aliphatic rings. The number of aromatic nitrogens is 2. The molecule has 0 aromatic carbocycles. The molecule has 6 nitrogen and oxygen atoms in total. The molecule has 1 aromatic heterocycles. The molecule has 0 saturated carbocycles. The van der Waals surface area contributed by atoms with E-state index in [2.05, 4.69) is 29.3 Å². The zero-order valence-electron chi connectivity index (χ0n) is 8.86. The van der Waals surface area contributed by atoms with Gasteiger partial charge in [0, 0.05) is 6.42 Å². The van der Waals surface area contributed by atoms with Crippen LogP contribution in [0.5, 0.6) is 0 Å². The van der Waals surface area contributed by atoms with Crippen molar-refractivity contribution < 1.29 is 14.4 Å². The van der Waals surface area contributed by atoms with Crippen molar-refractivity contribution in [2.45, 2.75) is 26.8 Å². The number of hydrogen-bond donors (Lipinski definition) is 2. The van der Waals surface area contributed by atoms with Gasteiger partial charge in [0.2, 0.25) is 5.89 Å². The van der Waals surface area contributed by atoms with Crippen molar-refractivity contribution in [3.05, 3.63) is 11.7 Å². The van der Waals surface area contributed by atoms with Crippen LogP contribution in [0.15, 0.2) is 4.52 Å². The lowest BCUT2D eigenvalue weighted by atomic mass is 10.1. The lowest BCUT2D eigenvalue weighted by Gasteiger charge is -1.96. The molecule has 0 fully saturated rings. The van der Waals surface area contributed by atoms with Gasteiger partial charge in [0.1, 0.15) is 0 Å². The Morgan fingerprint density at radius 2 is 2.33 bits per heavy atom. The molecule has 2 N–H and O–H groups in total. The highest BCUT2D eigenvalue weighted by molar-refractivity contribution is 5.68. The van der Waals surface area contributed by atoms with E-state index in [4.69, 9.17) is 9.63 Å². The van der Waals surface area contributed by atoms with Crippen LogP contribution in [0.1, 0.15) is 25.6 Å². The summed E-state index contributed by atoms with van der Waals surface area (Å²) in [6, 6.07) is 0. The molecule has 6 heteroatoms. The van der Waals surface area contributed by atoms with E-state index < -0.39 is 5.97 Å². The van der Waals surface area contributed by atoms with Crippen molar-refractivity contribution in [1.29, 1.82) is 0 Å². The average molecular weight is 213 g/mol. The molecular formula is C9H15N3O3. The summed E-state index contributed by atoms with van der Waals surface area (Å²) in [5, 5.41) is 14.8. The highest BCUT2D eigenvalue weighted by Gasteiger charge is 2.07. The lowest BCUT2D eigenvalue weighted by molar-refractivity contribution is -0.136. The molecular weight excluding hydrogens is 198 g/mol. The van der Waals surface area contributed by atoms with Gasteiger partial charge in [0.25, 0.3) is 0 Å². The van der Waals surface area contributed by atoms with Gasteiger partial charge in [0.15, 0.2) is 5.82 Å². The van der Waals surface area contributed by atoms with Crippen molar-refractivity contribution >= 4 is 5.97 Å². The summed E-state index contributed by atoms with van der Waals surface area (Å²) >= 11 is 0. The van der Waals surface area contributed by atoms with Gasteiger partial charge in [-0.3, -0.25) is 10.1 Å². The SMILES string of the molecule is CC(C)Cc1noc(CNCC(=O)O)n1. The van der Waals surface area contributed by atoms with E-state index in [0.717, 1.165) is 6.42 Å². The zero-order valence-corrected chi connectivity index (χ0v) is 8.86. The van der Waals surface area contributed by atoms with Gasteiger partial charge >= 0.3 is 5.97 Å². The number of rotatable bonds is 6.